The quantitative estimate of drug-likeness (QED) is 0.783. The zero-order valence-electron chi connectivity index (χ0n) is 9.71. The van der Waals surface area contributed by atoms with E-state index in [1.54, 1.807) is 7.05 Å². The normalized spacial score (nSPS) is 24.3. The van der Waals surface area contributed by atoms with Gasteiger partial charge in [0.25, 0.3) is 0 Å². The number of cyclic esters (lactones) is 1. The average Bonchev–Trinajstić information content (AvgIpc) is 2.61. The van der Waals surface area contributed by atoms with Crippen molar-refractivity contribution in [1.82, 2.24) is 9.88 Å². The van der Waals surface area contributed by atoms with Gasteiger partial charge in [-0.3, -0.25) is 0 Å². The van der Waals surface area contributed by atoms with E-state index in [1.165, 1.54) is 30.0 Å². The number of carbonyl (C=O) groups excluding carboxylic acids is 1. The summed E-state index contributed by atoms with van der Waals surface area (Å²) in [6.45, 7) is 1.38. The van der Waals surface area contributed by atoms with Crippen molar-refractivity contribution in [3.8, 4) is 0 Å². The summed E-state index contributed by atoms with van der Waals surface area (Å²) in [5.41, 5.74) is -2.88. The molecule has 0 saturated heterocycles. The van der Waals surface area contributed by atoms with E-state index in [-0.39, 0.29) is 11.3 Å². The first kappa shape index (κ1) is 12.5. The van der Waals surface area contributed by atoms with Crippen LogP contribution in [0.25, 0.3) is 0 Å². The van der Waals surface area contributed by atoms with Crippen LogP contribution in [-0.4, -0.2) is 16.7 Å². The van der Waals surface area contributed by atoms with Gasteiger partial charge in [0.15, 0.2) is 0 Å². The number of allylic oxidation sites excluding steroid dienone is 1. The Morgan fingerprint density at radius 2 is 2.11 bits per heavy atom. The topological polar surface area (TPSA) is 43.3 Å². The maximum Gasteiger partial charge on any atom is 0.453 e. The van der Waals surface area contributed by atoms with Gasteiger partial charge in [0.1, 0.15) is 0 Å². The van der Waals surface area contributed by atoms with Crippen LogP contribution in [0.3, 0.4) is 0 Å². The lowest BCUT2D eigenvalue weighted by molar-refractivity contribution is -0.286. The van der Waals surface area contributed by atoms with Gasteiger partial charge in [0.2, 0.25) is 0 Å². The zero-order valence-corrected chi connectivity index (χ0v) is 9.71. The highest BCUT2D eigenvalue weighted by Crippen LogP contribution is 2.42. The van der Waals surface area contributed by atoms with Crippen molar-refractivity contribution in [2.75, 3.05) is 0 Å². The summed E-state index contributed by atoms with van der Waals surface area (Å²) in [5.74, 6) is -1.02. The SMILES string of the molecule is CC1=CC(=O)OC(c2ccn(C)c2)(C(F)(F)F)N1. The highest BCUT2D eigenvalue weighted by atomic mass is 19.4. The fourth-order valence-electron chi connectivity index (χ4n) is 1.83. The van der Waals surface area contributed by atoms with Crippen molar-refractivity contribution >= 4 is 5.97 Å². The van der Waals surface area contributed by atoms with E-state index in [9.17, 15) is 18.0 Å². The Kier molecular flexibility index (Phi) is 2.64. The van der Waals surface area contributed by atoms with Crippen LogP contribution in [0.2, 0.25) is 0 Å². The standard InChI is InChI=1S/C11H11F3N2O2/c1-7-5-9(17)18-10(15-7,11(12,13)14)8-3-4-16(2)6-8/h3-6,15H,1-2H3. The van der Waals surface area contributed by atoms with Crippen LogP contribution in [-0.2, 0) is 22.3 Å². The Bertz CT molecular complexity index is 519. The summed E-state index contributed by atoms with van der Waals surface area (Å²) in [4.78, 5) is 11.3. The molecule has 0 radical (unpaired) electrons. The molecule has 1 aromatic heterocycles. The maximum absolute atomic E-state index is 13.3. The summed E-state index contributed by atoms with van der Waals surface area (Å²) in [5, 5.41) is 2.21. The van der Waals surface area contributed by atoms with Gasteiger partial charge < -0.3 is 14.6 Å². The summed E-state index contributed by atoms with van der Waals surface area (Å²) in [6, 6.07) is 1.26. The summed E-state index contributed by atoms with van der Waals surface area (Å²) in [7, 11) is 1.58. The predicted molar refractivity (Wildman–Crippen MR) is 56.1 cm³/mol. The van der Waals surface area contributed by atoms with E-state index in [0.29, 0.717) is 0 Å². The lowest BCUT2D eigenvalue weighted by Gasteiger charge is -2.38. The van der Waals surface area contributed by atoms with Gasteiger partial charge in [-0.25, -0.2) is 4.79 Å². The van der Waals surface area contributed by atoms with Crippen molar-refractivity contribution in [3.05, 3.63) is 35.8 Å². The number of aromatic nitrogens is 1. The van der Waals surface area contributed by atoms with E-state index in [4.69, 9.17) is 0 Å². The Morgan fingerprint density at radius 1 is 1.44 bits per heavy atom. The minimum Gasteiger partial charge on any atom is -0.421 e. The molecule has 1 N–H and O–H groups in total. The molecule has 98 valence electrons. The smallest absolute Gasteiger partial charge is 0.421 e. The van der Waals surface area contributed by atoms with Gasteiger partial charge in [-0.15, -0.1) is 0 Å². The lowest BCUT2D eigenvalue weighted by Crippen LogP contribution is -2.57. The largest absolute Gasteiger partial charge is 0.453 e. The molecule has 0 saturated carbocycles. The van der Waals surface area contributed by atoms with Gasteiger partial charge in [-0.05, 0) is 13.0 Å². The van der Waals surface area contributed by atoms with Crippen LogP contribution in [0.5, 0.6) is 0 Å². The van der Waals surface area contributed by atoms with Crippen LogP contribution in [0, 0.1) is 0 Å². The first-order valence-electron chi connectivity index (χ1n) is 5.13. The Balaban J connectivity index is 2.56. The van der Waals surface area contributed by atoms with E-state index in [1.807, 2.05) is 0 Å². The lowest BCUT2D eigenvalue weighted by atomic mass is 10.0. The Labute approximate surface area is 101 Å². The fourth-order valence-corrected chi connectivity index (χ4v) is 1.83. The van der Waals surface area contributed by atoms with Crippen LogP contribution >= 0.6 is 0 Å². The van der Waals surface area contributed by atoms with Crippen molar-refractivity contribution in [1.29, 1.82) is 0 Å². The Hall–Kier alpha value is -1.92. The number of nitrogens with one attached hydrogen (secondary N) is 1. The average molecular weight is 260 g/mol. The summed E-state index contributed by atoms with van der Waals surface area (Å²) < 4.78 is 45.8. The number of esters is 1. The molecule has 7 heteroatoms. The molecule has 2 heterocycles. The van der Waals surface area contributed by atoms with E-state index < -0.39 is 17.9 Å². The third-order valence-corrected chi connectivity index (χ3v) is 2.60. The van der Waals surface area contributed by atoms with Gasteiger partial charge in [0, 0.05) is 36.8 Å². The molecule has 2 rings (SSSR count). The summed E-state index contributed by atoms with van der Waals surface area (Å²) in [6.07, 6.45) is -1.08. The van der Waals surface area contributed by atoms with Crippen molar-refractivity contribution in [3.63, 3.8) is 0 Å². The highest BCUT2D eigenvalue weighted by molar-refractivity contribution is 5.84. The van der Waals surface area contributed by atoms with Crippen LogP contribution in [0.15, 0.2) is 30.2 Å². The molecule has 1 aliphatic rings. The molecule has 0 aromatic carbocycles. The van der Waals surface area contributed by atoms with Crippen molar-refractivity contribution < 1.29 is 22.7 Å². The van der Waals surface area contributed by atoms with E-state index in [0.717, 1.165) is 6.08 Å². The van der Waals surface area contributed by atoms with Crippen LogP contribution < -0.4 is 5.32 Å². The second kappa shape index (κ2) is 3.79. The molecule has 0 fully saturated rings. The number of alkyl halides is 3. The molecule has 1 aromatic rings. The maximum atomic E-state index is 13.3. The molecule has 1 atom stereocenters. The molecule has 18 heavy (non-hydrogen) atoms. The zero-order chi connectivity index (χ0) is 13.6. The number of aryl methyl sites for hydroxylation is 1. The number of rotatable bonds is 1. The molecule has 0 aliphatic carbocycles. The third-order valence-electron chi connectivity index (χ3n) is 2.60. The van der Waals surface area contributed by atoms with E-state index >= 15 is 0 Å². The molecular weight excluding hydrogens is 249 g/mol. The predicted octanol–water partition coefficient (Wildman–Crippen LogP) is 1.79. The number of carbonyl (C=O) groups is 1. The highest BCUT2D eigenvalue weighted by Gasteiger charge is 2.61. The monoisotopic (exact) mass is 260 g/mol. The molecule has 0 amide bonds. The number of halogens is 3. The molecule has 0 bridgehead atoms. The number of ether oxygens (including phenoxy) is 1. The molecular formula is C11H11F3N2O2. The van der Waals surface area contributed by atoms with E-state index in [2.05, 4.69) is 10.1 Å². The minimum absolute atomic E-state index is 0.104. The Morgan fingerprint density at radius 3 is 2.56 bits per heavy atom. The molecule has 4 nitrogen and oxygen atoms in total. The first-order valence-corrected chi connectivity index (χ1v) is 5.13. The van der Waals surface area contributed by atoms with Crippen molar-refractivity contribution in [2.45, 2.75) is 18.8 Å². The van der Waals surface area contributed by atoms with Crippen LogP contribution in [0.1, 0.15) is 12.5 Å². The van der Waals surface area contributed by atoms with Crippen LogP contribution in [0.4, 0.5) is 13.2 Å². The third kappa shape index (κ3) is 1.85. The molecule has 1 unspecified atom stereocenters. The second-order valence-electron chi connectivity index (χ2n) is 4.12. The number of hydrogen-bond donors (Lipinski definition) is 1. The van der Waals surface area contributed by atoms with Gasteiger partial charge in [-0.2, -0.15) is 13.2 Å². The number of hydrogen-bond acceptors (Lipinski definition) is 3. The fraction of sp³-hybridized carbons (Fsp3) is 0.364. The minimum atomic E-state index is -4.76. The van der Waals surface area contributed by atoms with Gasteiger partial charge in [-0.1, -0.05) is 0 Å². The van der Waals surface area contributed by atoms with Gasteiger partial charge >= 0.3 is 17.9 Å². The molecule has 1 aliphatic heterocycles. The number of nitrogens with zero attached hydrogens (tertiary/aromatic N) is 1. The summed E-state index contributed by atoms with van der Waals surface area (Å²) >= 11 is 0. The second-order valence-corrected chi connectivity index (χ2v) is 4.12. The van der Waals surface area contributed by atoms with Crippen molar-refractivity contribution in [2.24, 2.45) is 7.05 Å². The first-order chi connectivity index (χ1) is 8.24. The molecule has 0 spiro atoms. The van der Waals surface area contributed by atoms with Gasteiger partial charge in [0.05, 0.1) is 0 Å².